The molecule has 0 saturated carbocycles. The SMILES string of the molecule is NNC(Cc1cc(F)cc(Br)c1)c1cnn2ccncc12. The van der Waals surface area contributed by atoms with Crippen molar-refractivity contribution in [3.63, 3.8) is 0 Å². The predicted molar refractivity (Wildman–Crippen MR) is 80.9 cm³/mol. The van der Waals surface area contributed by atoms with Gasteiger partial charge in [0, 0.05) is 22.4 Å². The van der Waals surface area contributed by atoms with Crippen LogP contribution in [0, 0.1) is 5.82 Å². The molecule has 108 valence electrons. The molecule has 0 aliphatic carbocycles. The third-order valence-electron chi connectivity index (χ3n) is 3.29. The fraction of sp³-hybridized carbons (Fsp3) is 0.143. The number of fused-ring (bicyclic) bond motifs is 1. The van der Waals surface area contributed by atoms with Gasteiger partial charge in [0.25, 0.3) is 0 Å². The number of hydrazine groups is 1. The number of halogens is 2. The zero-order valence-electron chi connectivity index (χ0n) is 11.0. The van der Waals surface area contributed by atoms with E-state index in [4.69, 9.17) is 5.84 Å². The summed E-state index contributed by atoms with van der Waals surface area (Å²) in [6, 6.07) is 4.62. The third-order valence-corrected chi connectivity index (χ3v) is 3.75. The lowest BCUT2D eigenvalue weighted by Gasteiger charge is -2.15. The second-order valence-electron chi connectivity index (χ2n) is 4.71. The van der Waals surface area contributed by atoms with Crippen LogP contribution in [0.1, 0.15) is 17.2 Å². The molecular formula is C14H13BrFN5. The number of nitrogens with one attached hydrogen (secondary N) is 1. The Morgan fingerprint density at radius 1 is 1.33 bits per heavy atom. The van der Waals surface area contributed by atoms with Crippen LogP contribution in [0.15, 0.2) is 47.5 Å². The van der Waals surface area contributed by atoms with Gasteiger partial charge in [0.05, 0.1) is 24.0 Å². The molecule has 0 bridgehead atoms. The van der Waals surface area contributed by atoms with Crippen LogP contribution in [-0.2, 0) is 6.42 Å². The van der Waals surface area contributed by atoms with Crippen LogP contribution in [0.4, 0.5) is 4.39 Å². The first-order valence-corrected chi connectivity index (χ1v) is 7.15. The molecule has 21 heavy (non-hydrogen) atoms. The monoisotopic (exact) mass is 349 g/mol. The fourth-order valence-electron chi connectivity index (χ4n) is 2.34. The summed E-state index contributed by atoms with van der Waals surface area (Å²) in [5, 5.41) is 4.26. The van der Waals surface area contributed by atoms with Gasteiger partial charge in [0.2, 0.25) is 0 Å². The number of nitrogens with zero attached hydrogens (tertiary/aromatic N) is 3. The van der Waals surface area contributed by atoms with E-state index >= 15 is 0 Å². The summed E-state index contributed by atoms with van der Waals surface area (Å²) in [6.07, 6.45) is 7.46. The lowest BCUT2D eigenvalue weighted by molar-refractivity contribution is 0.551. The van der Waals surface area contributed by atoms with E-state index in [2.05, 4.69) is 31.4 Å². The molecule has 3 rings (SSSR count). The number of aromatic nitrogens is 3. The number of nitrogens with two attached hydrogens (primary N) is 1. The minimum absolute atomic E-state index is 0.180. The summed E-state index contributed by atoms with van der Waals surface area (Å²) in [5.74, 6) is 5.39. The Kier molecular flexibility index (Phi) is 3.96. The van der Waals surface area contributed by atoms with Crippen LogP contribution in [0.2, 0.25) is 0 Å². The van der Waals surface area contributed by atoms with E-state index in [1.54, 1.807) is 29.3 Å². The highest BCUT2D eigenvalue weighted by atomic mass is 79.9. The highest BCUT2D eigenvalue weighted by molar-refractivity contribution is 9.10. The maximum atomic E-state index is 13.5. The summed E-state index contributed by atoms with van der Waals surface area (Å²) in [7, 11) is 0. The van der Waals surface area contributed by atoms with Gasteiger partial charge < -0.3 is 0 Å². The van der Waals surface area contributed by atoms with E-state index in [0.717, 1.165) is 16.6 Å². The number of hydrogen-bond donors (Lipinski definition) is 2. The molecule has 0 amide bonds. The van der Waals surface area contributed by atoms with Crippen LogP contribution in [0.3, 0.4) is 0 Å². The van der Waals surface area contributed by atoms with Crippen molar-refractivity contribution in [3.8, 4) is 0 Å². The average Bonchev–Trinajstić information content (AvgIpc) is 2.87. The molecule has 0 aliphatic heterocycles. The first kappa shape index (κ1) is 14.1. The smallest absolute Gasteiger partial charge is 0.124 e. The molecule has 0 spiro atoms. The summed E-state index contributed by atoms with van der Waals surface area (Å²) in [6.45, 7) is 0. The van der Waals surface area contributed by atoms with Crippen molar-refractivity contribution < 1.29 is 4.39 Å². The van der Waals surface area contributed by atoms with Crippen LogP contribution in [0.5, 0.6) is 0 Å². The summed E-state index contributed by atoms with van der Waals surface area (Å²) < 4.78 is 15.9. The molecule has 5 nitrogen and oxygen atoms in total. The summed E-state index contributed by atoms with van der Waals surface area (Å²) >= 11 is 3.30. The van der Waals surface area contributed by atoms with Crippen molar-refractivity contribution in [1.29, 1.82) is 0 Å². The van der Waals surface area contributed by atoms with Crippen molar-refractivity contribution in [2.75, 3.05) is 0 Å². The molecule has 2 aromatic heterocycles. The van der Waals surface area contributed by atoms with E-state index in [1.807, 2.05) is 6.07 Å². The van der Waals surface area contributed by atoms with Crippen molar-refractivity contribution in [2.24, 2.45) is 5.84 Å². The number of benzene rings is 1. The van der Waals surface area contributed by atoms with Gasteiger partial charge in [0.15, 0.2) is 0 Å². The van der Waals surface area contributed by atoms with Gasteiger partial charge in [-0.1, -0.05) is 15.9 Å². The molecular weight excluding hydrogens is 337 g/mol. The Morgan fingerprint density at radius 3 is 2.95 bits per heavy atom. The molecule has 7 heteroatoms. The molecule has 0 saturated heterocycles. The van der Waals surface area contributed by atoms with Gasteiger partial charge in [0.1, 0.15) is 5.82 Å². The van der Waals surface area contributed by atoms with E-state index < -0.39 is 0 Å². The van der Waals surface area contributed by atoms with Crippen molar-refractivity contribution >= 4 is 21.4 Å². The van der Waals surface area contributed by atoms with E-state index in [0.29, 0.717) is 10.9 Å². The molecule has 1 unspecified atom stereocenters. The van der Waals surface area contributed by atoms with Gasteiger partial charge in [-0.3, -0.25) is 16.3 Å². The molecule has 1 aromatic carbocycles. The molecule has 0 aliphatic rings. The largest absolute Gasteiger partial charge is 0.271 e. The predicted octanol–water partition coefficient (Wildman–Crippen LogP) is 2.38. The molecule has 0 radical (unpaired) electrons. The second-order valence-corrected chi connectivity index (χ2v) is 5.62. The number of rotatable bonds is 4. The summed E-state index contributed by atoms with van der Waals surface area (Å²) in [5.41, 5.74) is 5.40. The maximum Gasteiger partial charge on any atom is 0.124 e. The summed E-state index contributed by atoms with van der Waals surface area (Å²) in [4.78, 5) is 4.10. The molecule has 3 aromatic rings. The van der Waals surface area contributed by atoms with Crippen molar-refractivity contribution in [3.05, 3.63) is 64.4 Å². The lowest BCUT2D eigenvalue weighted by atomic mass is 10.0. The maximum absolute atomic E-state index is 13.5. The molecule has 0 fully saturated rings. The topological polar surface area (TPSA) is 68.2 Å². The van der Waals surface area contributed by atoms with E-state index in [-0.39, 0.29) is 11.9 Å². The zero-order chi connectivity index (χ0) is 14.8. The molecule has 3 N–H and O–H groups in total. The minimum atomic E-state index is -0.281. The zero-order valence-corrected chi connectivity index (χ0v) is 12.6. The Bertz CT molecular complexity index is 753. The normalized spacial score (nSPS) is 12.7. The van der Waals surface area contributed by atoms with Crippen LogP contribution in [-0.4, -0.2) is 14.6 Å². The highest BCUT2D eigenvalue weighted by Gasteiger charge is 2.16. The Morgan fingerprint density at radius 2 is 2.19 bits per heavy atom. The molecule has 2 heterocycles. The van der Waals surface area contributed by atoms with Gasteiger partial charge in [-0.2, -0.15) is 5.10 Å². The Hall–Kier alpha value is -1.83. The van der Waals surface area contributed by atoms with Gasteiger partial charge in [-0.15, -0.1) is 0 Å². The first-order chi connectivity index (χ1) is 10.2. The van der Waals surface area contributed by atoms with Crippen molar-refractivity contribution in [1.82, 2.24) is 20.0 Å². The first-order valence-electron chi connectivity index (χ1n) is 6.35. The fourth-order valence-corrected chi connectivity index (χ4v) is 2.86. The Labute approximate surface area is 129 Å². The number of hydrogen-bond acceptors (Lipinski definition) is 4. The van der Waals surface area contributed by atoms with Gasteiger partial charge in [-0.05, 0) is 30.2 Å². The van der Waals surface area contributed by atoms with Gasteiger partial charge in [-0.25, -0.2) is 8.91 Å². The Balaban J connectivity index is 1.95. The second kappa shape index (κ2) is 5.88. The van der Waals surface area contributed by atoms with Gasteiger partial charge >= 0.3 is 0 Å². The van der Waals surface area contributed by atoms with Crippen LogP contribution >= 0.6 is 15.9 Å². The lowest BCUT2D eigenvalue weighted by Crippen LogP contribution is -2.29. The quantitative estimate of drug-likeness (QED) is 0.560. The minimum Gasteiger partial charge on any atom is -0.271 e. The standard InChI is InChI=1S/C14H13BrFN5/c15-10-3-9(4-11(16)6-10)5-13(20-17)12-7-19-21-2-1-18-8-14(12)21/h1-4,6-8,13,20H,5,17H2. The van der Waals surface area contributed by atoms with Crippen LogP contribution < -0.4 is 11.3 Å². The molecule has 1 atom stereocenters. The average molecular weight is 350 g/mol. The van der Waals surface area contributed by atoms with Crippen molar-refractivity contribution in [2.45, 2.75) is 12.5 Å². The third kappa shape index (κ3) is 2.94. The van der Waals surface area contributed by atoms with Crippen LogP contribution in [0.25, 0.3) is 5.52 Å². The van der Waals surface area contributed by atoms with E-state index in [9.17, 15) is 4.39 Å². The highest BCUT2D eigenvalue weighted by Crippen LogP contribution is 2.24. The van der Waals surface area contributed by atoms with E-state index in [1.165, 1.54) is 12.1 Å².